The molecule has 0 amide bonds. The van der Waals surface area contributed by atoms with Gasteiger partial charge in [0.1, 0.15) is 5.82 Å². The van der Waals surface area contributed by atoms with Gasteiger partial charge in [-0.1, -0.05) is 48.8 Å². The molecule has 0 aliphatic rings. The Hall–Kier alpha value is -0.370. The first-order valence-corrected chi connectivity index (χ1v) is 7.33. The maximum atomic E-state index is 13.1. The molecule has 0 radical (unpaired) electrons. The molecule has 1 aromatic rings. The Morgan fingerprint density at radius 3 is 2.53 bits per heavy atom. The molecule has 0 aliphatic heterocycles. The predicted molar refractivity (Wildman–Crippen MR) is 76.1 cm³/mol. The third kappa shape index (κ3) is 6.21. The Balaban J connectivity index is 2.52. The summed E-state index contributed by atoms with van der Waals surface area (Å²) in [7, 11) is 0. The minimum atomic E-state index is -0.133. The van der Waals surface area contributed by atoms with Crippen molar-refractivity contribution in [2.45, 2.75) is 40.0 Å². The van der Waals surface area contributed by atoms with Gasteiger partial charge in [-0.3, -0.25) is 0 Å². The molecule has 0 heterocycles. The average Bonchev–Trinajstić information content (AvgIpc) is 2.23. The van der Waals surface area contributed by atoms with E-state index < -0.39 is 0 Å². The van der Waals surface area contributed by atoms with Crippen LogP contribution in [0.1, 0.15) is 39.2 Å². The van der Waals surface area contributed by atoms with E-state index in [0.29, 0.717) is 11.3 Å². The van der Waals surface area contributed by atoms with Crippen molar-refractivity contribution in [3.8, 4) is 0 Å². The second-order valence-electron chi connectivity index (χ2n) is 5.95. The quantitative estimate of drug-likeness (QED) is 0.655. The van der Waals surface area contributed by atoms with Crippen LogP contribution in [0.2, 0.25) is 0 Å². The molecule has 2 heteroatoms. The van der Waals surface area contributed by atoms with E-state index in [1.165, 1.54) is 18.9 Å². The lowest BCUT2D eigenvalue weighted by Crippen LogP contribution is -2.12. The summed E-state index contributed by atoms with van der Waals surface area (Å²) < 4.78 is 13.1. The number of halogens is 2. The normalized spacial score (nSPS) is 13.7. The molecule has 0 aromatic heterocycles. The average molecular weight is 301 g/mol. The molecule has 1 rings (SSSR count). The molecular formula is C15H22BrF. The zero-order valence-corrected chi connectivity index (χ0v) is 12.6. The summed E-state index contributed by atoms with van der Waals surface area (Å²) >= 11 is 3.57. The molecule has 0 bridgehead atoms. The van der Waals surface area contributed by atoms with Crippen LogP contribution in [-0.2, 0) is 6.42 Å². The first kappa shape index (κ1) is 14.7. The van der Waals surface area contributed by atoms with Gasteiger partial charge in [0.05, 0.1) is 0 Å². The summed E-state index contributed by atoms with van der Waals surface area (Å²) in [4.78, 5) is 0. The molecule has 0 N–H and O–H groups in total. The van der Waals surface area contributed by atoms with Crippen LogP contribution in [-0.4, -0.2) is 5.33 Å². The lowest BCUT2D eigenvalue weighted by molar-refractivity contribution is 0.332. The maximum absolute atomic E-state index is 13.1. The molecular weight excluding hydrogens is 279 g/mol. The smallest absolute Gasteiger partial charge is 0.123 e. The van der Waals surface area contributed by atoms with Gasteiger partial charge in [0, 0.05) is 5.33 Å². The van der Waals surface area contributed by atoms with E-state index in [-0.39, 0.29) is 5.82 Å². The Kier molecular flexibility index (Phi) is 5.64. The molecule has 0 saturated heterocycles. The van der Waals surface area contributed by atoms with E-state index in [1.54, 1.807) is 12.1 Å². The van der Waals surface area contributed by atoms with Gasteiger partial charge in [-0.15, -0.1) is 0 Å². The molecule has 96 valence electrons. The predicted octanol–water partition coefficient (Wildman–Crippen LogP) is 5.21. The first-order valence-electron chi connectivity index (χ1n) is 6.21. The molecule has 0 fully saturated rings. The van der Waals surface area contributed by atoms with E-state index in [0.717, 1.165) is 17.3 Å². The van der Waals surface area contributed by atoms with Crippen LogP contribution in [0.15, 0.2) is 24.3 Å². The molecule has 1 unspecified atom stereocenters. The van der Waals surface area contributed by atoms with Crippen molar-refractivity contribution in [3.05, 3.63) is 35.6 Å². The van der Waals surface area contributed by atoms with Gasteiger partial charge in [-0.25, -0.2) is 4.39 Å². The Morgan fingerprint density at radius 2 is 2.00 bits per heavy atom. The van der Waals surface area contributed by atoms with Crippen LogP contribution in [0.25, 0.3) is 0 Å². The van der Waals surface area contributed by atoms with E-state index >= 15 is 0 Å². The topological polar surface area (TPSA) is 0 Å². The van der Waals surface area contributed by atoms with Gasteiger partial charge in [-0.05, 0) is 48.3 Å². The standard InChI is InChI=1S/C15H22BrF/c1-15(2,3)8-7-13(11-16)9-12-5-4-6-14(17)10-12/h4-6,10,13H,7-9,11H2,1-3H3. The highest BCUT2D eigenvalue weighted by Gasteiger charge is 2.15. The van der Waals surface area contributed by atoms with Crippen LogP contribution >= 0.6 is 15.9 Å². The fourth-order valence-corrected chi connectivity index (χ4v) is 2.42. The van der Waals surface area contributed by atoms with Gasteiger partial charge in [-0.2, -0.15) is 0 Å². The number of hydrogen-bond acceptors (Lipinski definition) is 0. The summed E-state index contributed by atoms with van der Waals surface area (Å²) in [5.41, 5.74) is 1.48. The summed E-state index contributed by atoms with van der Waals surface area (Å²) in [5, 5.41) is 0.986. The minimum absolute atomic E-state index is 0.133. The molecule has 17 heavy (non-hydrogen) atoms. The van der Waals surface area contributed by atoms with Crippen molar-refractivity contribution in [3.63, 3.8) is 0 Å². The third-order valence-electron chi connectivity index (χ3n) is 2.93. The van der Waals surface area contributed by atoms with Gasteiger partial charge >= 0.3 is 0 Å². The second-order valence-corrected chi connectivity index (χ2v) is 6.60. The van der Waals surface area contributed by atoms with Crippen LogP contribution in [0.4, 0.5) is 4.39 Å². The summed E-state index contributed by atoms with van der Waals surface area (Å²) in [6, 6.07) is 6.95. The van der Waals surface area contributed by atoms with Crippen LogP contribution in [0, 0.1) is 17.2 Å². The highest BCUT2D eigenvalue weighted by molar-refractivity contribution is 9.09. The molecule has 1 atom stereocenters. The number of hydrogen-bond donors (Lipinski definition) is 0. The van der Waals surface area contributed by atoms with Crippen molar-refractivity contribution in [1.82, 2.24) is 0 Å². The monoisotopic (exact) mass is 300 g/mol. The third-order valence-corrected chi connectivity index (χ3v) is 3.85. The zero-order valence-electron chi connectivity index (χ0n) is 11.0. The lowest BCUT2D eigenvalue weighted by Gasteiger charge is -2.22. The molecule has 0 saturated carbocycles. The molecule has 0 nitrogen and oxygen atoms in total. The zero-order chi connectivity index (χ0) is 12.9. The fraction of sp³-hybridized carbons (Fsp3) is 0.600. The number of alkyl halides is 1. The van der Waals surface area contributed by atoms with Crippen molar-refractivity contribution in [2.24, 2.45) is 11.3 Å². The Labute approximate surface area is 113 Å². The van der Waals surface area contributed by atoms with E-state index in [9.17, 15) is 4.39 Å². The largest absolute Gasteiger partial charge is 0.207 e. The Morgan fingerprint density at radius 1 is 1.29 bits per heavy atom. The Bertz CT molecular complexity index is 341. The number of benzene rings is 1. The van der Waals surface area contributed by atoms with Crippen LogP contribution < -0.4 is 0 Å². The van der Waals surface area contributed by atoms with E-state index in [2.05, 4.69) is 36.7 Å². The van der Waals surface area contributed by atoms with Crippen LogP contribution in [0.3, 0.4) is 0 Å². The van der Waals surface area contributed by atoms with Crippen LogP contribution in [0.5, 0.6) is 0 Å². The van der Waals surface area contributed by atoms with Crippen molar-refractivity contribution >= 4 is 15.9 Å². The lowest BCUT2D eigenvalue weighted by atomic mass is 9.85. The van der Waals surface area contributed by atoms with Crippen molar-refractivity contribution in [1.29, 1.82) is 0 Å². The highest BCUT2D eigenvalue weighted by atomic mass is 79.9. The van der Waals surface area contributed by atoms with Gasteiger partial charge in [0.2, 0.25) is 0 Å². The maximum Gasteiger partial charge on any atom is 0.123 e. The van der Waals surface area contributed by atoms with E-state index in [1.807, 2.05) is 6.07 Å². The van der Waals surface area contributed by atoms with Gasteiger partial charge in [0.15, 0.2) is 0 Å². The van der Waals surface area contributed by atoms with Gasteiger partial charge < -0.3 is 0 Å². The highest BCUT2D eigenvalue weighted by Crippen LogP contribution is 2.26. The van der Waals surface area contributed by atoms with E-state index in [4.69, 9.17) is 0 Å². The molecule has 0 spiro atoms. The summed E-state index contributed by atoms with van der Waals surface area (Å²) in [6.07, 6.45) is 3.35. The summed E-state index contributed by atoms with van der Waals surface area (Å²) in [5.74, 6) is 0.461. The van der Waals surface area contributed by atoms with Gasteiger partial charge in [0.25, 0.3) is 0 Å². The molecule has 0 aliphatic carbocycles. The minimum Gasteiger partial charge on any atom is -0.207 e. The fourth-order valence-electron chi connectivity index (χ4n) is 1.87. The van der Waals surface area contributed by atoms with Crippen molar-refractivity contribution < 1.29 is 4.39 Å². The number of rotatable bonds is 5. The second kappa shape index (κ2) is 6.53. The van der Waals surface area contributed by atoms with Crippen molar-refractivity contribution in [2.75, 3.05) is 5.33 Å². The first-order chi connectivity index (χ1) is 7.90. The summed E-state index contributed by atoms with van der Waals surface area (Å²) in [6.45, 7) is 6.79. The SMILES string of the molecule is CC(C)(C)CCC(CBr)Cc1cccc(F)c1. The molecule has 1 aromatic carbocycles.